The molecule has 0 aromatic carbocycles. The maximum absolute atomic E-state index is 12.2. The molecule has 2 amide bonds. The number of rotatable bonds is 8. The van der Waals surface area contributed by atoms with Crippen LogP contribution in [0.3, 0.4) is 0 Å². The van der Waals surface area contributed by atoms with Gasteiger partial charge in [0.1, 0.15) is 0 Å². The number of carbonyl (C=O) groups excluding carboxylic acids is 2. The van der Waals surface area contributed by atoms with Crippen molar-refractivity contribution in [3.63, 3.8) is 0 Å². The van der Waals surface area contributed by atoms with Crippen molar-refractivity contribution in [3.8, 4) is 0 Å². The van der Waals surface area contributed by atoms with Crippen molar-refractivity contribution in [1.29, 1.82) is 0 Å². The molecule has 2 saturated carbocycles. The highest BCUT2D eigenvalue weighted by Gasteiger charge is 2.31. The molecule has 126 valence electrons. The summed E-state index contributed by atoms with van der Waals surface area (Å²) < 4.78 is 0. The van der Waals surface area contributed by atoms with Crippen molar-refractivity contribution in [3.05, 3.63) is 17.0 Å². The van der Waals surface area contributed by atoms with Gasteiger partial charge in [-0.1, -0.05) is 0 Å². The first-order valence-electron chi connectivity index (χ1n) is 8.49. The van der Waals surface area contributed by atoms with Crippen LogP contribution in [-0.4, -0.2) is 41.9 Å². The van der Waals surface area contributed by atoms with Crippen molar-refractivity contribution < 1.29 is 9.59 Å². The summed E-state index contributed by atoms with van der Waals surface area (Å²) in [5, 5.41) is 6.63. The van der Waals surface area contributed by atoms with Crippen LogP contribution < -0.4 is 10.6 Å². The Kier molecular flexibility index (Phi) is 5.02. The number of anilines is 1. The van der Waals surface area contributed by atoms with Crippen LogP contribution >= 0.6 is 11.3 Å². The minimum absolute atomic E-state index is 0.0542. The smallest absolute Gasteiger partial charge is 0.261 e. The van der Waals surface area contributed by atoms with Crippen LogP contribution in [0.4, 0.5) is 5.00 Å². The fourth-order valence-corrected chi connectivity index (χ4v) is 3.58. The van der Waals surface area contributed by atoms with Gasteiger partial charge in [0.25, 0.3) is 5.91 Å². The average molecular weight is 335 g/mol. The first-order valence-corrected chi connectivity index (χ1v) is 9.31. The van der Waals surface area contributed by atoms with Crippen LogP contribution in [0.25, 0.3) is 0 Å². The number of hydrogen-bond donors (Lipinski definition) is 2. The summed E-state index contributed by atoms with van der Waals surface area (Å²) in [6.07, 6.45) is 4.53. The molecule has 0 aliphatic heterocycles. The van der Waals surface area contributed by atoms with Crippen LogP contribution in [0.1, 0.15) is 49.2 Å². The van der Waals surface area contributed by atoms with Crippen LogP contribution in [0.15, 0.2) is 12.1 Å². The molecule has 2 aliphatic rings. The Morgan fingerprint density at radius 2 is 2.00 bits per heavy atom. The van der Waals surface area contributed by atoms with Gasteiger partial charge in [0.15, 0.2) is 0 Å². The summed E-state index contributed by atoms with van der Waals surface area (Å²) in [6, 6.07) is 4.82. The van der Waals surface area contributed by atoms with Crippen molar-refractivity contribution >= 4 is 28.2 Å². The Labute approximate surface area is 141 Å². The maximum atomic E-state index is 12.2. The highest BCUT2D eigenvalue weighted by molar-refractivity contribution is 7.18. The average Bonchev–Trinajstić information content (AvgIpc) is 3.41. The lowest BCUT2D eigenvalue weighted by Gasteiger charge is -2.26. The summed E-state index contributed by atoms with van der Waals surface area (Å²) in [5.41, 5.74) is 0. The summed E-state index contributed by atoms with van der Waals surface area (Å²) in [5.74, 6) is 0.205. The Morgan fingerprint density at radius 3 is 2.61 bits per heavy atom. The molecule has 0 bridgehead atoms. The Morgan fingerprint density at radius 1 is 1.26 bits per heavy atom. The zero-order chi connectivity index (χ0) is 16.4. The monoisotopic (exact) mass is 335 g/mol. The number of amides is 2. The van der Waals surface area contributed by atoms with E-state index in [1.54, 1.807) is 6.07 Å². The van der Waals surface area contributed by atoms with Crippen LogP contribution in [0.2, 0.25) is 0 Å². The molecule has 2 N–H and O–H groups in total. The molecule has 1 heterocycles. The third-order valence-electron chi connectivity index (χ3n) is 4.36. The molecular weight excluding hydrogens is 310 g/mol. The van der Waals surface area contributed by atoms with Gasteiger partial charge in [0.2, 0.25) is 5.91 Å². The third kappa shape index (κ3) is 4.54. The van der Waals surface area contributed by atoms with E-state index in [2.05, 4.69) is 29.4 Å². The number of carbonyl (C=O) groups is 2. The van der Waals surface area contributed by atoms with Gasteiger partial charge in [-0.2, -0.15) is 0 Å². The van der Waals surface area contributed by atoms with Gasteiger partial charge >= 0.3 is 0 Å². The van der Waals surface area contributed by atoms with Crippen LogP contribution in [-0.2, 0) is 4.79 Å². The van der Waals surface area contributed by atoms with E-state index in [-0.39, 0.29) is 17.7 Å². The van der Waals surface area contributed by atoms with Gasteiger partial charge in [-0.3, -0.25) is 14.5 Å². The molecule has 1 aromatic rings. The summed E-state index contributed by atoms with van der Waals surface area (Å²) in [6.45, 7) is 5.96. The molecule has 2 aliphatic carbocycles. The summed E-state index contributed by atoms with van der Waals surface area (Å²) >= 11 is 1.34. The molecule has 0 atom stereocenters. The Balaban J connectivity index is 1.44. The first kappa shape index (κ1) is 16.5. The number of nitrogens with zero attached hydrogens (tertiary/aromatic N) is 1. The van der Waals surface area contributed by atoms with E-state index in [1.807, 2.05) is 6.07 Å². The lowest BCUT2D eigenvalue weighted by molar-refractivity contribution is -0.117. The zero-order valence-corrected chi connectivity index (χ0v) is 14.6. The predicted molar refractivity (Wildman–Crippen MR) is 92.9 cm³/mol. The highest BCUT2D eigenvalue weighted by Crippen LogP contribution is 2.31. The van der Waals surface area contributed by atoms with Gasteiger partial charge in [-0.25, -0.2) is 0 Å². The lowest BCUT2D eigenvalue weighted by Crippen LogP contribution is -2.39. The van der Waals surface area contributed by atoms with E-state index in [9.17, 15) is 9.59 Å². The van der Waals surface area contributed by atoms with E-state index in [4.69, 9.17) is 0 Å². The Hall–Kier alpha value is -1.40. The minimum atomic E-state index is -0.0542. The molecule has 0 spiro atoms. The van der Waals surface area contributed by atoms with E-state index < -0.39 is 0 Å². The molecule has 0 unspecified atom stereocenters. The van der Waals surface area contributed by atoms with Crippen molar-refractivity contribution in [2.75, 3.05) is 18.4 Å². The first-order chi connectivity index (χ1) is 11.0. The zero-order valence-electron chi connectivity index (χ0n) is 13.8. The third-order valence-corrected chi connectivity index (χ3v) is 5.36. The normalized spacial score (nSPS) is 17.6. The Bertz CT molecular complexity index is 574. The van der Waals surface area contributed by atoms with Crippen molar-refractivity contribution in [2.45, 2.75) is 51.6 Å². The molecule has 23 heavy (non-hydrogen) atoms. The second-order valence-corrected chi connectivity index (χ2v) is 7.83. The summed E-state index contributed by atoms with van der Waals surface area (Å²) in [4.78, 5) is 27.0. The second kappa shape index (κ2) is 7.01. The lowest BCUT2D eigenvalue weighted by atomic mass is 10.3. The highest BCUT2D eigenvalue weighted by atomic mass is 32.1. The molecule has 1 aromatic heterocycles. The molecular formula is C17H25N3O2S. The molecule has 6 heteroatoms. The SMILES string of the molecule is CC(C)N(CCNC(=O)c1ccc(NC(=O)C2CC2)s1)C1CC1. The van der Waals surface area contributed by atoms with Gasteiger partial charge in [-0.05, 0) is 51.7 Å². The van der Waals surface area contributed by atoms with Gasteiger partial charge in [0.05, 0.1) is 9.88 Å². The van der Waals surface area contributed by atoms with E-state index >= 15 is 0 Å². The van der Waals surface area contributed by atoms with Crippen LogP contribution in [0.5, 0.6) is 0 Å². The van der Waals surface area contributed by atoms with Gasteiger partial charge in [-0.15, -0.1) is 11.3 Å². The van der Waals surface area contributed by atoms with Gasteiger partial charge < -0.3 is 10.6 Å². The molecule has 5 nitrogen and oxygen atoms in total. The fraction of sp³-hybridized carbons (Fsp3) is 0.647. The fourth-order valence-electron chi connectivity index (χ4n) is 2.75. The largest absolute Gasteiger partial charge is 0.350 e. The molecule has 0 saturated heterocycles. The quantitative estimate of drug-likeness (QED) is 0.768. The number of thiophene rings is 1. The van der Waals surface area contributed by atoms with E-state index in [1.165, 1.54) is 24.2 Å². The topological polar surface area (TPSA) is 61.4 Å². The molecule has 0 radical (unpaired) electrons. The van der Waals surface area contributed by atoms with E-state index in [0.717, 1.165) is 24.4 Å². The van der Waals surface area contributed by atoms with Crippen molar-refractivity contribution in [1.82, 2.24) is 10.2 Å². The minimum Gasteiger partial charge on any atom is -0.350 e. The van der Waals surface area contributed by atoms with Crippen LogP contribution in [0, 0.1) is 5.92 Å². The number of nitrogens with one attached hydrogen (secondary N) is 2. The van der Waals surface area contributed by atoms with E-state index in [0.29, 0.717) is 23.5 Å². The van der Waals surface area contributed by atoms with Gasteiger partial charge in [0, 0.05) is 31.1 Å². The summed E-state index contributed by atoms with van der Waals surface area (Å²) in [7, 11) is 0. The standard InChI is InChI=1S/C17H25N3O2S/c1-11(2)20(13-5-6-13)10-9-18-17(22)14-7-8-15(23-14)19-16(21)12-3-4-12/h7-8,11-13H,3-6,9-10H2,1-2H3,(H,18,22)(H,19,21). The molecule has 2 fully saturated rings. The second-order valence-electron chi connectivity index (χ2n) is 6.75. The van der Waals surface area contributed by atoms with Crippen molar-refractivity contribution in [2.24, 2.45) is 5.92 Å². The number of hydrogen-bond acceptors (Lipinski definition) is 4. The predicted octanol–water partition coefficient (Wildman–Crippen LogP) is 2.70. The maximum Gasteiger partial charge on any atom is 0.261 e. The molecule has 3 rings (SSSR count).